The van der Waals surface area contributed by atoms with Gasteiger partial charge in [0.05, 0.1) is 13.2 Å². The van der Waals surface area contributed by atoms with Gasteiger partial charge in [0.15, 0.2) is 0 Å². The summed E-state index contributed by atoms with van der Waals surface area (Å²) in [7, 11) is 1.33. The van der Waals surface area contributed by atoms with Crippen molar-refractivity contribution in [2.75, 3.05) is 13.7 Å². The molecule has 4 nitrogen and oxygen atoms in total. The fraction of sp³-hybridized carbons (Fsp3) is 0.500. The molecule has 2 atom stereocenters. The Morgan fingerprint density at radius 1 is 1.42 bits per heavy atom. The van der Waals surface area contributed by atoms with Crippen molar-refractivity contribution >= 4 is 17.6 Å². The molecule has 0 amide bonds. The number of halogens is 1. The molecule has 0 spiro atoms. The normalized spacial score (nSPS) is 13.7. The van der Waals surface area contributed by atoms with E-state index in [1.807, 2.05) is 6.92 Å². The quantitative estimate of drug-likeness (QED) is 0.817. The Morgan fingerprint density at radius 3 is 2.68 bits per heavy atom. The molecule has 5 heteroatoms. The molecule has 19 heavy (non-hydrogen) atoms. The van der Waals surface area contributed by atoms with Gasteiger partial charge in [-0.1, -0.05) is 18.5 Å². The van der Waals surface area contributed by atoms with Gasteiger partial charge in [-0.05, 0) is 44.0 Å². The van der Waals surface area contributed by atoms with Crippen molar-refractivity contribution in [3.05, 3.63) is 28.8 Å². The van der Waals surface area contributed by atoms with E-state index in [0.29, 0.717) is 28.8 Å². The van der Waals surface area contributed by atoms with Crippen molar-refractivity contribution < 1.29 is 14.3 Å². The Bertz CT molecular complexity index is 437. The van der Waals surface area contributed by atoms with E-state index in [2.05, 4.69) is 6.92 Å². The van der Waals surface area contributed by atoms with Crippen LogP contribution >= 0.6 is 11.6 Å². The molecule has 1 aromatic carbocycles. The monoisotopic (exact) mass is 285 g/mol. The molecule has 0 aliphatic rings. The Balaban J connectivity index is 2.85. The zero-order valence-corrected chi connectivity index (χ0v) is 12.2. The smallest absolute Gasteiger partial charge is 0.341 e. The van der Waals surface area contributed by atoms with Gasteiger partial charge in [0.2, 0.25) is 0 Å². The molecular formula is C14H20ClNO3. The largest absolute Gasteiger partial charge is 0.490 e. The minimum atomic E-state index is -0.462. The van der Waals surface area contributed by atoms with Crippen molar-refractivity contribution in [2.24, 2.45) is 11.7 Å². The Kier molecular flexibility index (Phi) is 6.12. The summed E-state index contributed by atoms with van der Waals surface area (Å²) in [5, 5.41) is 0.468. The summed E-state index contributed by atoms with van der Waals surface area (Å²) in [5.41, 5.74) is 5.92. The SMILES string of the molecule is COC(=O)c1cc(Cl)ccc1OC(C)CC(C)CN. The average molecular weight is 286 g/mol. The summed E-state index contributed by atoms with van der Waals surface area (Å²) in [4.78, 5) is 11.7. The number of carbonyl (C=O) groups excluding carboxylic acids is 1. The van der Waals surface area contributed by atoms with E-state index in [-0.39, 0.29) is 6.10 Å². The van der Waals surface area contributed by atoms with Crippen LogP contribution in [0.2, 0.25) is 5.02 Å². The van der Waals surface area contributed by atoms with Gasteiger partial charge in [-0.25, -0.2) is 4.79 Å². The number of hydrogen-bond donors (Lipinski definition) is 1. The second-order valence-electron chi connectivity index (χ2n) is 4.64. The zero-order valence-electron chi connectivity index (χ0n) is 11.5. The van der Waals surface area contributed by atoms with Crippen molar-refractivity contribution in [2.45, 2.75) is 26.4 Å². The van der Waals surface area contributed by atoms with Crippen LogP contribution in [0.15, 0.2) is 18.2 Å². The Morgan fingerprint density at radius 2 is 2.11 bits per heavy atom. The molecule has 106 valence electrons. The first kappa shape index (κ1) is 15.8. The molecule has 0 saturated heterocycles. The molecule has 2 unspecified atom stereocenters. The first-order chi connectivity index (χ1) is 8.97. The summed E-state index contributed by atoms with van der Waals surface area (Å²) in [5.74, 6) is 0.383. The summed E-state index contributed by atoms with van der Waals surface area (Å²) in [6, 6.07) is 4.91. The first-order valence-corrected chi connectivity index (χ1v) is 6.60. The van der Waals surface area contributed by atoms with E-state index in [4.69, 9.17) is 26.8 Å². The molecule has 0 heterocycles. The second kappa shape index (κ2) is 7.36. The van der Waals surface area contributed by atoms with E-state index >= 15 is 0 Å². The number of hydrogen-bond acceptors (Lipinski definition) is 4. The van der Waals surface area contributed by atoms with E-state index in [0.717, 1.165) is 6.42 Å². The van der Waals surface area contributed by atoms with E-state index < -0.39 is 5.97 Å². The van der Waals surface area contributed by atoms with Gasteiger partial charge >= 0.3 is 5.97 Å². The summed E-state index contributed by atoms with van der Waals surface area (Å²) in [6.07, 6.45) is 0.780. The molecular weight excluding hydrogens is 266 g/mol. The van der Waals surface area contributed by atoms with Crippen LogP contribution < -0.4 is 10.5 Å². The highest BCUT2D eigenvalue weighted by atomic mass is 35.5. The Hall–Kier alpha value is -1.26. The van der Waals surface area contributed by atoms with Gasteiger partial charge in [-0.3, -0.25) is 0 Å². The van der Waals surface area contributed by atoms with Crippen LogP contribution in [0, 0.1) is 5.92 Å². The first-order valence-electron chi connectivity index (χ1n) is 6.22. The van der Waals surface area contributed by atoms with Crippen molar-refractivity contribution in [1.29, 1.82) is 0 Å². The average Bonchev–Trinajstić information content (AvgIpc) is 2.39. The van der Waals surface area contributed by atoms with Crippen molar-refractivity contribution in [3.63, 3.8) is 0 Å². The van der Waals surface area contributed by atoms with Crippen molar-refractivity contribution in [1.82, 2.24) is 0 Å². The van der Waals surface area contributed by atoms with Crippen molar-refractivity contribution in [3.8, 4) is 5.75 Å². The number of ether oxygens (including phenoxy) is 2. The molecule has 0 radical (unpaired) electrons. The molecule has 1 aromatic rings. The molecule has 2 N–H and O–H groups in total. The predicted octanol–water partition coefficient (Wildman–Crippen LogP) is 2.88. The van der Waals surface area contributed by atoms with Gasteiger partial charge in [0, 0.05) is 5.02 Å². The van der Waals surface area contributed by atoms with Gasteiger partial charge in [0.25, 0.3) is 0 Å². The molecule has 0 saturated carbocycles. The maximum atomic E-state index is 11.7. The van der Waals surface area contributed by atoms with E-state index in [1.165, 1.54) is 7.11 Å². The maximum absolute atomic E-state index is 11.7. The highest BCUT2D eigenvalue weighted by molar-refractivity contribution is 6.31. The summed E-state index contributed by atoms with van der Waals surface area (Å²) < 4.78 is 10.5. The third-order valence-electron chi connectivity index (χ3n) is 2.81. The number of methoxy groups -OCH3 is 1. The van der Waals surface area contributed by atoms with Crippen LogP contribution in [0.3, 0.4) is 0 Å². The molecule has 0 fully saturated rings. The molecule has 0 aromatic heterocycles. The lowest BCUT2D eigenvalue weighted by molar-refractivity contribution is 0.0593. The molecule has 1 rings (SSSR count). The van der Waals surface area contributed by atoms with Crippen LogP contribution in [0.5, 0.6) is 5.75 Å². The fourth-order valence-corrected chi connectivity index (χ4v) is 1.97. The minimum absolute atomic E-state index is 0.0388. The standard InChI is InChI=1S/C14H20ClNO3/c1-9(8-16)6-10(2)19-13-5-4-11(15)7-12(13)14(17)18-3/h4-5,7,9-10H,6,8,16H2,1-3H3. The highest BCUT2D eigenvalue weighted by Gasteiger charge is 2.17. The second-order valence-corrected chi connectivity index (χ2v) is 5.07. The summed E-state index contributed by atoms with van der Waals surface area (Å²) >= 11 is 5.88. The molecule has 0 aliphatic carbocycles. The van der Waals surface area contributed by atoms with Crippen LogP contribution in [0.25, 0.3) is 0 Å². The van der Waals surface area contributed by atoms with Crippen LogP contribution in [-0.4, -0.2) is 25.7 Å². The van der Waals surface area contributed by atoms with Gasteiger partial charge < -0.3 is 15.2 Å². The lowest BCUT2D eigenvalue weighted by Gasteiger charge is -2.19. The lowest BCUT2D eigenvalue weighted by atomic mass is 10.0. The highest BCUT2D eigenvalue weighted by Crippen LogP contribution is 2.25. The van der Waals surface area contributed by atoms with Gasteiger partial charge in [-0.2, -0.15) is 0 Å². The zero-order chi connectivity index (χ0) is 14.4. The van der Waals surface area contributed by atoms with E-state index in [9.17, 15) is 4.79 Å². The molecule has 0 bridgehead atoms. The predicted molar refractivity (Wildman–Crippen MR) is 75.7 cm³/mol. The topological polar surface area (TPSA) is 61.5 Å². The fourth-order valence-electron chi connectivity index (χ4n) is 1.80. The third kappa shape index (κ3) is 4.73. The number of rotatable bonds is 6. The minimum Gasteiger partial charge on any atom is -0.490 e. The molecule has 0 aliphatic heterocycles. The van der Waals surface area contributed by atoms with Crippen LogP contribution in [-0.2, 0) is 4.74 Å². The maximum Gasteiger partial charge on any atom is 0.341 e. The third-order valence-corrected chi connectivity index (χ3v) is 3.05. The van der Waals surface area contributed by atoms with Gasteiger partial charge in [0.1, 0.15) is 11.3 Å². The number of benzene rings is 1. The van der Waals surface area contributed by atoms with Crippen LogP contribution in [0.1, 0.15) is 30.6 Å². The number of nitrogens with two attached hydrogens (primary N) is 1. The van der Waals surface area contributed by atoms with Crippen LogP contribution in [0.4, 0.5) is 0 Å². The van der Waals surface area contributed by atoms with E-state index in [1.54, 1.807) is 18.2 Å². The number of carbonyl (C=O) groups is 1. The lowest BCUT2D eigenvalue weighted by Crippen LogP contribution is -2.21. The summed E-state index contributed by atoms with van der Waals surface area (Å²) in [6.45, 7) is 4.61. The Labute approximate surface area is 118 Å². The number of esters is 1. The van der Waals surface area contributed by atoms with Gasteiger partial charge in [-0.15, -0.1) is 0 Å².